The Morgan fingerprint density at radius 1 is 1.00 bits per heavy atom. The average Bonchev–Trinajstić information content (AvgIpc) is 2.77. The lowest BCUT2D eigenvalue weighted by Gasteiger charge is -2.36. The highest BCUT2D eigenvalue weighted by Gasteiger charge is 2.17. The van der Waals surface area contributed by atoms with E-state index in [1.54, 1.807) is 17.8 Å². The van der Waals surface area contributed by atoms with Gasteiger partial charge in [-0.1, -0.05) is 24.3 Å². The summed E-state index contributed by atoms with van der Waals surface area (Å²) in [4.78, 5) is 29.9. The zero-order valence-electron chi connectivity index (χ0n) is 17.9. The summed E-state index contributed by atoms with van der Waals surface area (Å²) in [7, 11) is 0. The first kappa shape index (κ1) is 22.4. The monoisotopic (exact) mass is 425 g/mol. The van der Waals surface area contributed by atoms with Crippen molar-refractivity contribution in [2.24, 2.45) is 0 Å². The second kappa shape index (κ2) is 11.2. The van der Waals surface area contributed by atoms with Gasteiger partial charge in [0.1, 0.15) is 0 Å². The Balaban J connectivity index is 1.40. The lowest BCUT2D eigenvalue weighted by atomic mass is 10.0. The molecule has 1 N–H and O–H groups in total. The van der Waals surface area contributed by atoms with Crippen LogP contribution in [0.5, 0.6) is 0 Å². The van der Waals surface area contributed by atoms with Gasteiger partial charge in [0.2, 0.25) is 5.91 Å². The summed E-state index contributed by atoms with van der Waals surface area (Å²) < 4.78 is 0. The molecular weight excluding hydrogens is 394 g/mol. The van der Waals surface area contributed by atoms with Crippen molar-refractivity contribution >= 4 is 34.8 Å². The van der Waals surface area contributed by atoms with E-state index in [2.05, 4.69) is 45.4 Å². The minimum atomic E-state index is -0.123. The van der Waals surface area contributed by atoms with Crippen LogP contribution in [0.2, 0.25) is 0 Å². The molecule has 0 saturated carbocycles. The topological polar surface area (TPSA) is 52.7 Å². The van der Waals surface area contributed by atoms with Crippen LogP contribution in [0, 0.1) is 0 Å². The molecule has 0 bridgehead atoms. The Labute approximate surface area is 183 Å². The van der Waals surface area contributed by atoms with Gasteiger partial charge in [0.05, 0.1) is 5.69 Å². The second-order valence-corrected chi connectivity index (χ2v) is 8.49. The fourth-order valence-corrected chi connectivity index (χ4v) is 4.34. The van der Waals surface area contributed by atoms with E-state index in [1.807, 2.05) is 18.4 Å². The quantitative estimate of drug-likeness (QED) is 0.363. The number of anilines is 2. The summed E-state index contributed by atoms with van der Waals surface area (Å²) in [5.74, 6) is 0.0189. The normalized spacial score (nSPS) is 14.5. The Kier molecular flexibility index (Phi) is 8.34. The average molecular weight is 426 g/mol. The number of rotatable bonds is 9. The van der Waals surface area contributed by atoms with Crippen LogP contribution in [-0.4, -0.2) is 55.6 Å². The lowest BCUT2D eigenvalue weighted by Crippen LogP contribution is -2.46. The summed E-state index contributed by atoms with van der Waals surface area (Å²) in [6, 6.07) is 16.2. The number of para-hydroxylation sites is 1. The van der Waals surface area contributed by atoms with Crippen molar-refractivity contribution in [3.8, 4) is 0 Å². The van der Waals surface area contributed by atoms with E-state index in [0.717, 1.165) is 56.1 Å². The van der Waals surface area contributed by atoms with E-state index in [0.29, 0.717) is 12.0 Å². The third-order valence-corrected chi connectivity index (χ3v) is 6.25. The standard InChI is InChI=1S/C24H31N3O2S/c1-19(28)25-22-18-20(11-12-24(22)30-2)23(29)10-6-7-13-26-14-16-27(17-15-26)21-8-4-3-5-9-21/h3-5,8-9,11-12,18H,6-7,10,13-17H2,1-2H3,(H,25,28). The number of unbranched alkanes of at least 4 members (excludes halogenated alkanes) is 1. The first-order valence-electron chi connectivity index (χ1n) is 10.6. The molecule has 160 valence electrons. The Bertz CT molecular complexity index is 849. The maximum absolute atomic E-state index is 12.6. The van der Waals surface area contributed by atoms with Gasteiger partial charge < -0.3 is 10.2 Å². The van der Waals surface area contributed by atoms with Crippen LogP contribution in [0.4, 0.5) is 11.4 Å². The fraction of sp³-hybridized carbons (Fsp3) is 0.417. The minimum Gasteiger partial charge on any atom is -0.369 e. The first-order valence-corrected chi connectivity index (χ1v) is 11.8. The predicted octanol–water partition coefficient (Wildman–Crippen LogP) is 4.54. The van der Waals surface area contributed by atoms with Crippen LogP contribution in [0.1, 0.15) is 36.5 Å². The van der Waals surface area contributed by atoms with E-state index in [9.17, 15) is 9.59 Å². The van der Waals surface area contributed by atoms with E-state index >= 15 is 0 Å². The Morgan fingerprint density at radius 3 is 2.40 bits per heavy atom. The first-order chi connectivity index (χ1) is 14.6. The molecule has 0 aliphatic carbocycles. The summed E-state index contributed by atoms with van der Waals surface area (Å²) >= 11 is 1.56. The highest BCUT2D eigenvalue weighted by molar-refractivity contribution is 7.98. The summed E-state index contributed by atoms with van der Waals surface area (Å²) in [6.07, 6.45) is 4.42. The van der Waals surface area contributed by atoms with Gasteiger partial charge in [-0.3, -0.25) is 14.5 Å². The number of hydrogen-bond acceptors (Lipinski definition) is 5. The number of benzene rings is 2. The third kappa shape index (κ3) is 6.34. The zero-order chi connectivity index (χ0) is 21.3. The smallest absolute Gasteiger partial charge is 0.221 e. The minimum absolute atomic E-state index is 0.123. The molecular formula is C24H31N3O2S. The van der Waals surface area contributed by atoms with Gasteiger partial charge in [-0.15, -0.1) is 11.8 Å². The lowest BCUT2D eigenvalue weighted by molar-refractivity contribution is -0.114. The number of carbonyl (C=O) groups is 2. The third-order valence-electron chi connectivity index (χ3n) is 5.45. The van der Waals surface area contributed by atoms with E-state index in [4.69, 9.17) is 0 Å². The van der Waals surface area contributed by atoms with Gasteiger partial charge in [-0.25, -0.2) is 0 Å². The number of nitrogens with zero attached hydrogens (tertiary/aromatic N) is 2. The van der Waals surface area contributed by atoms with Gasteiger partial charge in [0, 0.05) is 55.7 Å². The summed E-state index contributed by atoms with van der Waals surface area (Å²) in [5.41, 5.74) is 2.69. The number of Topliss-reactive ketones (excluding diaryl/α,β-unsaturated/α-hetero) is 1. The van der Waals surface area contributed by atoms with Crippen molar-refractivity contribution in [3.63, 3.8) is 0 Å². The molecule has 30 heavy (non-hydrogen) atoms. The fourth-order valence-electron chi connectivity index (χ4n) is 3.80. The predicted molar refractivity (Wildman–Crippen MR) is 126 cm³/mol. The molecule has 0 spiro atoms. The number of piperazine rings is 1. The SMILES string of the molecule is CSc1ccc(C(=O)CCCCN2CCN(c3ccccc3)CC2)cc1NC(C)=O. The van der Waals surface area contributed by atoms with Gasteiger partial charge >= 0.3 is 0 Å². The second-order valence-electron chi connectivity index (χ2n) is 7.64. The molecule has 5 nitrogen and oxygen atoms in total. The molecule has 1 aliphatic rings. The van der Waals surface area contributed by atoms with Gasteiger partial charge in [-0.2, -0.15) is 0 Å². The Morgan fingerprint density at radius 2 is 1.73 bits per heavy atom. The Hall–Kier alpha value is -2.31. The van der Waals surface area contributed by atoms with Crippen molar-refractivity contribution < 1.29 is 9.59 Å². The number of carbonyl (C=O) groups excluding carboxylic acids is 2. The van der Waals surface area contributed by atoms with Crippen molar-refractivity contribution in [2.75, 3.05) is 49.2 Å². The summed E-state index contributed by atoms with van der Waals surface area (Å²) in [5, 5.41) is 2.82. The molecule has 1 aliphatic heterocycles. The molecule has 1 saturated heterocycles. The molecule has 6 heteroatoms. The maximum Gasteiger partial charge on any atom is 0.221 e. The van der Waals surface area contributed by atoms with Crippen LogP contribution in [0.15, 0.2) is 53.4 Å². The van der Waals surface area contributed by atoms with Crippen molar-refractivity contribution in [1.82, 2.24) is 4.90 Å². The number of hydrogen-bond donors (Lipinski definition) is 1. The van der Waals surface area contributed by atoms with Crippen molar-refractivity contribution in [1.29, 1.82) is 0 Å². The zero-order valence-corrected chi connectivity index (χ0v) is 18.7. The van der Waals surface area contributed by atoms with E-state index < -0.39 is 0 Å². The van der Waals surface area contributed by atoms with E-state index in [-0.39, 0.29) is 11.7 Å². The molecule has 2 aromatic carbocycles. The highest BCUT2D eigenvalue weighted by atomic mass is 32.2. The van der Waals surface area contributed by atoms with Crippen LogP contribution in [0.3, 0.4) is 0 Å². The molecule has 0 radical (unpaired) electrons. The van der Waals surface area contributed by atoms with Gasteiger partial charge in [0.15, 0.2) is 5.78 Å². The number of amides is 1. The maximum atomic E-state index is 12.6. The van der Waals surface area contributed by atoms with Crippen molar-refractivity contribution in [2.45, 2.75) is 31.1 Å². The van der Waals surface area contributed by atoms with E-state index in [1.165, 1.54) is 12.6 Å². The molecule has 1 fully saturated rings. The number of ketones is 1. The largest absolute Gasteiger partial charge is 0.369 e. The van der Waals surface area contributed by atoms with Crippen LogP contribution in [-0.2, 0) is 4.79 Å². The van der Waals surface area contributed by atoms with Crippen LogP contribution < -0.4 is 10.2 Å². The molecule has 1 amide bonds. The molecule has 0 unspecified atom stereocenters. The molecule has 1 heterocycles. The highest BCUT2D eigenvalue weighted by Crippen LogP contribution is 2.27. The van der Waals surface area contributed by atoms with Crippen LogP contribution in [0.25, 0.3) is 0 Å². The molecule has 3 rings (SSSR count). The van der Waals surface area contributed by atoms with Gasteiger partial charge in [-0.05, 0) is 49.9 Å². The summed E-state index contributed by atoms with van der Waals surface area (Å²) in [6.45, 7) is 6.77. The van der Waals surface area contributed by atoms with Gasteiger partial charge in [0.25, 0.3) is 0 Å². The number of nitrogens with one attached hydrogen (secondary N) is 1. The molecule has 2 aromatic rings. The molecule has 0 aromatic heterocycles. The van der Waals surface area contributed by atoms with Crippen LogP contribution >= 0.6 is 11.8 Å². The number of thioether (sulfide) groups is 1. The van der Waals surface area contributed by atoms with Crippen molar-refractivity contribution in [3.05, 3.63) is 54.1 Å². The molecule has 0 atom stereocenters.